The molecule has 0 fully saturated rings. The van der Waals surface area contributed by atoms with Crippen molar-refractivity contribution in [2.24, 2.45) is 0 Å². The average molecular weight is 563 g/mol. The van der Waals surface area contributed by atoms with Crippen molar-refractivity contribution in [2.75, 3.05) is 37.7 Å². The second-order valence-electron chi connectivity index (χ2n) is 7.17. The van der Waals surface area contributed by atoms with Gasteiger partial charge >= 0.3 is 4.87 Å². The van der Waals surface area contributed by atoms with Crippen LogP contribution in [0, 0.1) is 0 Å². The van der Waals surface area contributed by atoms with E-state index in [2.05, 4.69) is 21.7 Å². The first kappa shape index (κ1) is 27.2. The van der Waals surface area contributed by atoms with E-state index < -0.39 is 6.10 Å². The van der Waals surface area contributed by atoms with Gasteiger partial charge in [0.2, 0.25) is 0 Å². The molecule has 0 saturated carbocycles. The van der Waals surface area contributed by atoms with Crippen molar-refractivity contribution < 1.29 is 10.2 Å². The fourth-order valence-corrected chi connectivity index (χ4v) is 5.23. The molecule has 0 saturated heterocycles. The van der Waals surface area contributed by atoms with Crippen LogP contribution in [-0.4, -0.2) is 52.9 Å². The number of halogens is 2. The number of hydrogen-bond donors (Lipinski definition) is 5. The lowest BCUT2D eigenvalue weighted by Crippen LogP contribution is -2.24. The lowest BCUT2D eigenvalue weighted by atomic mass is 10.1. The first-order valence-electron chi connectivity index (χ1n) is 10.3. The lowest BCUT2D eigenvalue weighted by Gasteiger charge is -2.13. The fourth-order valence-electron chi connectivity index (χ4n) is 3.25. The summed E-state index contributed by atoms with van der Waals surface area (Å²) in [4.78, 5) is 13.9. The number of nitrogens with one attached hydrogen (secondary N) is 3. The minimum Gasteiger partial charge on any atom is -0.506 e. The SMILES string of the molecule is Br.O=c1[nH]c2c(O)ccc([C@@H](O)CNCCSCCCNCCc3ccccc3Cl)c2s1. The van der Waals surface area contributed by atoms with Crippen LogP contribution in [0.1, 0.15) is 23.7 Å². The number of H-pyrrole nitrogens is 1. The summed E-state index contributed by atoms with van der Waals surface area (Å²) in [5, 5.41) is 27.9. The van der Waals surface area contributed by atoms with Gasteiger partial charge in [0.15, 0.2) is 0 Å². The zero-order valence-electron chi connectivity index (χ0n) is 17.6. The van der Waals surface area contributed by atoms with Crippen LogP contribution in [0.5, 0.6) is 5.75 Å². The van der Waals surface area contributed by atoms with Crippen molar-refractivity contribution >= 4 is 61.9 Å². The van der Waals surface area contributed by atoms with Crippen molar-refractivity contribution in [3.8, 4) is 5.75 Å². The van der Waals surface area contributed by atoms with Gasteiger partial charge in [-0.2, -0.15) is 11.8 Å². The first-order valence-corrected chi connectivity index (χ1v) is 12.7. The van der Waals surface area contributed by atoms with Crippen LogP contribution in [0.3, 0.4) is 0 Å². The third-order valence-electron chi connectivity index (χ3n) is 4.88. The van der Waals surface area contributed by atoms with Crippen LogP contribution in [0.15, 0.2) is 41.2 Å². The Morgan fingerprint density at radius 1 is 1.09 bits per heavy atom. The van der Waals surface area contributed by atoms with E-state index in [1.54, 1.807) is 6.07 Å². The molecule has 0 bridgehead atoms. The molecule has 6 nitrogen and oxygen atoms in total. The van der Waals surface area contributed by atoms with Gasteiger partial charge in [0.1, 0.15) is 11.3 Å². The van der Waals surface area contributed by atoms with E-state index in [9.17, 15) is 15.0 Å². The molecule has 0 unspecified atom stereocenters. The van der Waals surface area contributed by atoms with Gasteiger partial charge in [-0.15, -0.1) is 17.0 Å². The molecule has 0 amide bonds. The van der Waals surface area contributed by atoms with Gasteiger partial charge < -0.3 is 25.8 Å². The molecule has 10 heteroatoms. The average Bonchev–Trinajstić information content (AvgIpc) is 3.15. The van der Waals surface area contributed by atoms with Gasteiger partial charge in [-0.1, -0.05) is 47.2 Å². The van der Waals surface area contributed by atoms with Crippen LogP contribution in [0.2, 0.25) is 5.02 Å². The van der Waals surface area contributed by atoms with Crippen molar-refractivity contribution in [1.82, 2.24) is 15.6 Å². The highest BCUT2D eigenvalue weighted by molar-refractivity contribution is 8.93. The Morgan fingerprint density at radius 3 is 2.72 bits per heavy atom. The van der Waals surface area contributed by atoms with E-state index in [1.165, 1.54) is 11.6 Å². The Kier molecular flexibility index (Phi) is 12.1. The lowest BCUT2D eigenvalue weighted by molar-refractivity contribution is 0.177. The molecule has 3 rings (SSSR count). The van der Waals surface area contributed by atoms with E-state index >= 15 is 0 Å². The fraction of sp³-hybridized carbons (Fsp3) is 0.409. The van der Waals surface area contributed by atoms with Crippen molar-refractivity contribution in [2.45, 2.75) is 18.9 Å². The molecule has 0 aliphatic carbocycles. The number of aliphatic hydroxyl groups is 1. The molecule has 0 spiro atoms. The predicted octanol–water partition coefficient (Wildman–Crippen LogP) is 4.11. The van der Waals surface area contributed by atoms with Gasteiger partial charge in [-0.3, -0.25) is 4.79 Å². The molecule has 32 heavy (non-hydrogen) atoms. The Labute approximate surface area is 211 Å². The topological polar surface area (TPSA) is 97.4 Å². The largest absolute Gasteiger partial charge is 0.506 e. The molecular formula is C22H29BrClN3O3S2. The molecule has 3 aromatic rings. The number of aromatic nitrogens is 1. The predicted molar refractivity (Wildman–Crippen MR) is 142 cm³/mol. The van der Waals surface area contributed by atoms with Crippen LogP contribution >= 0.6 is 51.7 Å². The number of thioether (sulfide) groups is 1. The maximum absolute atomic E-state index is 11.6. The van der Waals surface area contributed by atoms with E-state index in [-0.39, 0.29) is 27.6 Å². The Balaban J connectivity index is 0.00000363. The minimum absolute atomic E-state index is 0. The zero-order chi connectivity index (χ0) is 22.1. The van der Waals surface area contributed by atoms with Crippen LogP contribution < -0.4 is 15.5 Å². The molecule has 0 radical (unpaired) electrons. The summed E-state index contributed by atoms with van der Waals surface area (Å²) in [6.45, 7) is 3.11. The maximum atomic E-state index is 11.6. The molecule has 0 aliphatic heterocycles. The number of fused-ring (bicyclic) bond motifs is 1. The molecule has 176 valence electrons. The summed E-state index contributed by atoms with van der Waals surface area (Å²) < 4.78 is 0.607. The number of rotatable bonds is 13. The van der Waals surface area contributed by atoms with E-state index in [0.717, 1.165) is 60.3 Å². The number of aromatic amines is 1. The molecule has 1 heterocycles. The quantitative estimate of drug-likeness (QED) is 0.201. The molecule has 2 aromatic carbocycles. The van der Waals surface area contributed by atoms with Crippen LogP contribution in [0.4, 0.5) is 0 Å². The smallest absolute Gasteiger partial charge is 0.305 e. The van der Waals surface area contributed by atoms with Crippen molar-refractivity contribution in [1.29, 1.82) is 0 Å². The highest BCUT2D eigenvalue weighted by Gasteiger charge is 2.15. The highest BCUT2D eigenvalue weighted by Crippen LogP contribution is 2.31. The summed E-state index contributed by atoms with van der Waals surface area (Å²) in [5.41, 5.74) is 2.22. The third-order valence-corrected chi connectivity index (χ3v) is 7.25. The Hall–Kier alpha value is -1.07. The van der Waals surface area contributed by atoms with Crippen molar-refractivity contribution in [3.05, 3.63) is 62.2 Å². The number of aromatic hydroxyl groups is 1. The summed E-state index contributed by atoms with van der Waals surface area (Å²) in [7, 11) is 0. The second-order valence-corrected chi connectivity index (χ2v) is 9.78. The standard InChI is InChI=1S/C22H28ClN3O3S2.BrH/c23-17-5-2-1-4-15(17)8-10-24-9-3-12-30-13-11-25-14-19(28)16-6-7-18(27)20-21(16)31-22(29)26-20;/h1-2,4-7,19,24-25,27-28H,3,8-14H2,(H,26,29);1H/t19-;/m0./s1. The zero-order valence-corrected chi connectivity index (χ0v) is 21.7. The van der Waals surface area contributed by atoms with Crippen LogP contribution in [-0.2, 0) is 6.42 Å². The summed E-state index contributed by atoms with van der Waals surface area (Å²) in [5.74, 6) is 2.07. The number of benzene rings is 2. The third kappa shape index (κ3) is 8.06. The van der Waals surface area contributed by atoms with E-state index in [0.29, 0.717) is 22.3 Å². The van der Waals surface area contributed by atoms with E-state index in [1.807, 2.05) is 30.0 Å². The molecule has 1 atom stereocenters. The van der Waals surface area contributed by atoms with Gasteiger partial charge in [-0.05, 0) is 49.4 Å². The van der Waals surface area contributed by atoms with Crippen LogP contribution in [0.25, 0.3) is 10.2 Å². The number of hydrogen-bond acceptors (Lipinski definition) is 7. The normalized spacial score (nSPS) is 12.1. The van der Waals surface area contributed by atoms with Crippen molar-refractivity contribution in [3.63, 3.8) is 0 Å². The maximum Gasteiger partial charge on any atom is 0.305 e. The second kappa shape index (κ2) is 14.2. The van der Waals surface area contributed by atoms with E-state index in [4.69, 9.17) is 11.6 Å². The first-order chi connectivity index (χ1) is 15.1. The van der Waals surface area contributed by atoms with Gasteiger partial charge in [0.05, 0.1) is 10.8 Å². The number of aliphatic hydroxyl groups excluding tert-OH is 1. The van der Waals surface area contributed by atoms with Gasteiger partial charge in [-0.25, -0.2) is 0 Å². The number of phenolic OH excluding ortho intramolecular Hbond substituents is 1. The Morgan fingerprint density at radius 2 is 1.91 bits per heavy atom. The molecule has 5 N–H and O–H groups in total. The number of thiazole rings is 1. The Bertz CT molecular complexity index is 1030. The number of phenols is 1. The van der Waals surface area contributed by atoms with Gasteiger partial charge in [0.25, 0.3) is 0 Å². The van der Waals surface area contributed by atoms with Gasteiger partial charge in [0, 0.05) is 29.4 Å². The molecule has 1 aromatic heterocycles. The highest BCUT2D eigenvalue weighted by atomic mass is 79.9. The monoisotopic (exact) mass is 561 g/mol. The minimum atomic E-state index is -0.734. The molecular weight excluding hydrogens is 534 g/mol. The summed E-state index contributed by atoms with van der Waals surface area (Å²) >= 11 is 9.04. The molecule has 0 aliphatic rings. The summed E-state index contributed by atoms with van der Waals surface area (Å²) in [6, 6.07) is 11.1. The summed E-state index contributed by atoms with van der Waals surface area (Å²) in [6.07, 6.45) is 1.31.